The summed E-state index contributed by atoms with van der Waals surface area (Å²) in [5.74, 6) is 4.38. The number of aromatic nitrogens is 3. The monoisotopic (exact) mass is 447 g/mol. The van der Waals surface area contributed by atoms with Gasteiger partial charge in [0.25, 0.3) is 5.91 Å². The van der Waals surface area contributed by atoms with E-state index in [0.717, 1.165) is 55.7 Å². The molecule has 0 spiro atoms. The molecular formula is C24H25N5O4. The Hall–Kier alpha value is -3.59. The van der Waals surface area contributed by atoms with E-state index in [1.165, 1.54) is 5.56 Å². The highest BCUT2D eigenvalue weighted by Gasteiger charge is 2.39. The molecule has 33 heavy (non-hydrogen) atoms. The maximum Gasteiger partial charge on any atom is 0.293 e. The van der Waals surface area contributed by atoms with Gasteiger partial charge in [-0.15, -0.1) is 10.2 Å². The van der Waals surface area contributed by atoms with E-state index in [9.17, 15) is 4.79 Å². The first kappa shape index (κ1) is 20.0. The number of nitrogens with one attached hydrogen (secondary N) is 1. The molecule has 0 saturated carbocycles. The molecule has 1 fully saturated rings. The topological polar surface area (TPSA) is 90.7 Å². The molecule has 4 heterocycles. The molecule has 0 aliphatic carbocycles. The van der Waals surface area contributed by atoms with Crippen molar-refractivity contribution in [3.05, 3.63) is 59.7 Å². The van der Waals surface area contributed by atoms with Gasteiger partial charge in [-0.2, -0.15) is 0 Å². The summed E-state index contributed by atoms with van der Waals surface area (Å²) < 4.78 is 18.1. The van der Waals surface area contributed by atoms with E-state index in [4.69, 9.17) is 14.2 Å². The molecule has 9 nitrogen and oxygen atoms in total. The molecule has 3 aromatic rings. The fraction of sp³-hybridized carbons (Fsp3) is 0.375. The number of benzene rings is 2. The lowest BCUT2D eigenvalue weighted by Gasteiger charge is -2.25. The Labute approximate surface area is 191 Å². The Balaban J connectivity index is 1.12. The largest absolute Gasteiger partial charge is 0.497 e. The van der Waals surface area contributed by atoms with Gasteiger partial charge in [-0.25, -0.2) is 0 Å². The van der Waals surface area contributed by atoms with Crippen LogP contribution < -0.4 is 19.5 Å². The number of likely N-dealkylation sites (tertiary alicyclic amines) is 1. The highest BCUT2D eigenvalue weighted by Crippen LogP contribution is 2.36. The fourth-order valence-corrected chi connectivity index (χ4v) is 5.08. The van der Waals surface area contributed by atoms with Crippen molar-refractivity contribution >= 4 is 11.6 Å². The van der Waals surface area contributed by atoms with Crippen molar-refractivity contribution in [2.45, 2.75) is 19.5 Å². The Bertz CT molecular complexity index is 1190. The molecule has 1 amide bonds. The maximum absolute atomic E-state index is 12.9. The minimum absolute atomic E-state index is 0.243. The third kappa shape index (κ3) is 3.78. The van der Waals surface area contributed by atoms with Crippen molar-refractivity contribution in [3.63, 3.8) is 0 Å². The summed E-state index contributed by atoms with van der Waals surface area (Å²) in [5, 5.41) is 11.5. The standard InChI is InChI=1S/C24H25N5O4/c1-31-19-5-3-18(4-6-19)25-24(30)23-27-26-22-9-16-11-28(12-17(16)13-29(22)23)10-15-2-7-20-21(8-15)33-14-32-20/h2-8,16-17H,9-14H2,1H3,(H,25,30)/t16-,17+/m1/s1. The molecule has 1 aromatic heterocycles. The Morgan fingerprint density at radius 1 is 1.06 bits per heavy atom. The summed E-state index contributed by atoms with van der Waals surface area (Å²) in [6, 6.07) is 13.4. The second-order valence-electron chi connectivity index (χ2n) is 8.84. The van der Waals surface area contributed by atoms with Crippen LogP contribution in [0.25, 0.3) is 0 Å². The quantitative estimate of drug-likeness (QED) is 0.643. The number of carbonyl (C=O) groups excluding carboxylic acids is 1. The van der Waals surface area contributed by atoms with Crippen molar-refractivity contribution in [2.24, 2.45) is 11.8 Å². The number of rotatable bonds is 5. The van der Waals surface area contributed by atoms with Crippen LogP contribution >= 0.6 is 0 Å². The molecule has 9 heteroatoms. The first-order chi connectivity index (χ1) is 16.2. The molecule has 3 aliphatic rings. The van der Waals surface area contributed by atoms with Crippen molar-refractivity contribution in [1.82, 2.24) is 19.7 Å². The zero-order chi connectivity index (χ0) is 22.4. The number of carbonyl (C=O) groups is 1. The van der Waals surface area contributed by atoms with Crippen LogP contribution in [0.2, 0.25) is 0 Å². The molecule has 6 rings (SSSR count). The number of hydrogen-bond acceptors (Lipinski definition) is 7. The zero-order valence-corrected chi connectivity index (χ0v) is 18.4. The van der Waals surface area contributed by atoms with Crippen LogP contribution in [0.15, 0.2) is 42.5 Å². The van der Waals surface area contributed by atoms with E-state index in [1.807, 2.05) is 34.9 Å². The smallest absolute Gasteiger partial charge is 0.293 e. The molecule has 0 bridgehead atoms. The summed E-state index contributed by atoms with van der Waals surface area (Å²) in [6.45, 7) is 3.92. The minimum Gasteiger partial charge on any atom is -0.497 e. The molecule has 0 radical (unpaired) electrons. The number of methoxy groups -OCH3 is 1. The number of ether oxygens (including phenoxy) is 3. The summed E-state index contributed by atoms with van der Waals surface area (Å²) in [6.07, 6.45) is 0.838. The number of amides is 1. The third-order valence-corrected chi connectivity index (χ3v) is 6.74. The van der Waals surface area contributed by atoms with Crippen LogP contribution in [0.4, 0.5) is 5.69 Å². The van der Waals surface area contributed by atoms with Crippen LogP contribution in [0, 0.1) is 11.8 Å². The van der Waals surface area contributed by atoms with E-state index in [0.29, 0.717) is 30.1 Å². The van der Waals surface area contributed by atoms with Gasteiger partial charge >= 0.3 is 0 Å². The molecule has 0 unspecified atom stereocenters. The van der Waals surface area contributed by atoms with Gasteiger partial charge < -0.3 is 24.1 Å². The molecule has 2 atom stereocenters. The van der Waals surface area contributed by atoms with Gasteiger partial charge in [-0.1, -0.05) is 6.07 Å². The molecule has 1 saturated heterocycles. The number of nitrogens with zero attached hydrogens (tertiary/aromatic N) is 4. The third-order valence-electron chi connectivity index (χ3n) is 6.74. The second kappa shape index (κ2) is 8.08. The van der Waals surface area contributed by atoms with Crippen molar-refractivity contribution in [2.75, 3.05) is 32.3 Å². The van der Waals surface area contributed by atoms with Crippen LogP contribution in [0.1, 0.15) is 22.0 Å². The van der Waals surface area contributed by atoms with Gasteiger partial charge in [0, 0.05) is 38.3 Å². The first-order valence-electron chi connectivity index (χ1n) is 11.1. The van der Waals surface area contributed by atoms with Gasteiger partial charge in [0.1, 0.15) is 11.6 Å². The van der Waals surface area contributed by atoms with Gasteiger partial charge in [-0.05, 0) is 53.8 Å². The SMILES string of the molecule is COc1ccc(NC(=O)c2nnc3n2C[C@@H]2CN(Cc4ccc5c(c4)OCO5)C[C@H]2C3)cc1. The van der Waals surface area contributed by atoms with Crippen molar-refractivity contribution in [3.8, 4) is 17.2 Å². The van der Waals surface area contributed by atoms with Crippen LogP contribution in [0.5, 0.6) is 17.2 Å². The Morgan fingerprint density at radius 2 is 1.88 bits per heavy atom. The maximum atomic E-state index is 12.9. The lowest BCUT2D eigenvalue weighted by molar-refractivity contribution is 0.100. The van der Waals surface area contributed by atoms with Crippen molar-refractivity contribution in [1.29, 1.82) is 0 Å². The average molecular weight is 447 g/mol. The summed E-state index contributed by atoms with van der Waals surface area (Å²) in [7, 11) is 1.61. The fourth-order valence-electron chi connectivity index (χ4n) is 5.08. The van der Waals surface area contributed by atoms with Gasteiger partial charge in [0.15, 0.2) is 11.5 Å². The van der Waals surface area contributed by atoms with Crippen molar-refractivity contribution < 1.29 is 19.0 Å². The lowest BCUT2D eigenvalue weighted by atomic mass is 9.89. The summed E-state index contributed by atoms with van der Waals surface area (Å²) in [5.41, 5.74) is 1.92. The highest BCUT2D eigenvalue weighted by atomic mass is 16.7. The molecule has 3 aliphatic heterocycles. The lowest BCUT2D eigenvalue weighted by Crippen LogP contribution is -2.31. The van der Waals surface area contributed by atoms with Crippen LogP contribution in [-0.4, -0.2) is 52.6 Å². The number of anilines is 1. The van der Waals surface area contributed by atoms with E-state index < -0.39 is 0 Å². The highest BCUT2D eigenvalue weighted by molar-refractivity contribution is 6.01. The van der Waals surface area contributed by atoms with Gasteiger partial charge in [0.2, 0.25) is 12.6 Å². The van der Waals surface area contributed by atoms with Gasteiger partial charge in [-0.3, -0.25) is 9.69 Å². The summed E-state index contributed by atoms with van der Waals surface area (Å²) >= 11 is 0. The predicted octanol–water partition coefficient (Wildman–Crippen LogP) is 2.57. The number of fused-ring (bicyclic) bond motifs is 3. The minimum atomic E-state index is -0.243. The molecule has 1 N–H and O–H groups in total. The Morgan fingerprint density at radius 3 is 2.73 bits per heavy atom. The zero-order valence-electron chi connectivity index (χ0n) is 18.4. The first-order valence-corrected chi connectivity index (χ1v) is 11.1. The van der Waals surface area contributed by atoms with E-state index in [2.05, 4.69) is 32.5 Å². The van der Waals surface area contributed by atoms with E-state index >= 15 is 0 Å². The van der Waals surface area contributed by atoms with E-state index in [1.54, 1.807) is 7.11 Å². The Kier molecular flexibility index (Phi) is 4.91. The van der Waals surface area contributed by atoms with Gasteiger partial charge in [0.05, 0.1) is 7.11 Å². The average Bonchev–Trinajstić information content (AvgIpc) is 3.55. The molecule has 170 valence electrons. The summed E-state index contributed by atoms with van der Waals surface area (Å²) in [4.78, 5) is 15.4. The molecule has 2 aromatic carbocycles. The second-order valence-corrected chi connectivity index (χ2v) is 8.84. The van der Waals surface area contributed by atoms with E-state index in [-0.39, 0.29) is 5.91 Å². The number of hydrogen-bond donors (Lipinski definition) is 1. The van der Waals surface area contributed by atoms with Crippen LogP contribution in [0.3, 0.4) is 0 Å². The van der Waals surface area contributed by atoms with Crippen LogP contribution in [-0.2, 0) is 19.5 Å². The molecular weight excluding hydrogens is 422 g/mol. The predicted molar refractivity (Wildman–Crippen MR) is 119 cm³/mol. The normalized spacial score (nSPS) is 20.9.